The molecular weight excluding hydrogens is 413 g/mol. The molecule has 1 heterocycles. The molecular formula is C18H32IN5. The smallest absolute Gasteiger partial charge is 0.193 e. The minimum Gasteiger partial charge on any atom is -0.355 e. The highest BCUT2D eigenvalue weighted by Crippen LogP contribution is 2.34. The predicted molar refractivity (Wildman–Crippen MR) is 111 cm³/mol. The van der Waals surface area contributed by atoms with E-state index in [0.717, 1.165) is 37.6 Å². The summed E-state index contributed by atoms with van der Waals surface area (Å²) in [6, 6.07) is 5.11. The summed E-state index contributed by atoms with van der Waals surface area (Å²) in [5.74, 6) is 1.96. The van der Waals surface area contributed by atoms with Crippen LogP contribution >= 0.6 is 24.0 Å². The summed E-state index contributed by atoms with van der Waals surface area (Å²) >= 11 is 0. The molecule has 0 aromatic carbocycles. The van der Waals surface area contributed by atoms with E-state index in [1.165, 1.54) is 37.9 Å². The van der Waals surface area contributed by atoms with Gasteiger partial charge in [-0.2, -0.15) is 0 Å². The number of nitrogens with one attached hydrogen (secondary N) is 1. The van der Waals surface area contributed by atoms with Crippen molar-refractivity contribution in [2.45, 2.75) is 38.3 Å². The number of aromatic nitrogens is 1. The largest absolute Gasteiger partial charge is 0.355 e. The molecule has 5 nitrogen and oxygen atoms in total. The normalized spacial score (nSPS) is 17.8. The molecule has 136 valence electrons. The van der Waals surface area contributed by atoms with Crippen LogP contribution < -0.4 is 5.32 Å². The first-order valence-corrected chi connectivity index (χ1v) is 8.93. The summed E-state index contributed by atoms with van der Waals surface area (Å²) in [7, 11) is 6.06. The van der Waals surface area contributed by atoms with Crippen molar-refractivity contribution in [3.05, 3.63) is 24.0 Å². The van der Waals surface area contributed by atoms with Crippen LogP contribution in [0.1, 0.15) is 31.4 Å². The van der Waals surface area contributed by atoms with Crippen molar-refractivity contribution < 1.29 is 0 Å². The van der Waals surface area contributed by atoms with Crippen molar-refractivity contribution in [1.29, 1.82) is 0 Å². The van der Waals surface area contributed by atoms with E-state index in [9.17, 15) is 0 Å². The van der Waals surface area contributed by atoms with E-state index in [1.807, 2.05) is 7.05 Å². The van der Waals surface area contributed by atoms with Gasteiger partial charge in [-0.3, -0.25) is 9.89 Å². The Morgan fingerprint density at radius 2 is 2.08 bits per heavy atom. The number of nitrogens with zero attached hydrogens (tertiary/aromatic N) is 4. The number of hydrogen-bond donors (Lipinski definition) is 1. The Kier molecular flexibility index (Phi) is 7.40. The molecule has 6 heteroatoms. The van der Waals surface area contributed by atoms with E-state index in [0.29, 0.717) is 0 Å². The van der Waals surface area contributed by atoms with Crippen molar-refractivity contribution in [1.82, 2.24) is 19.7 Å². The summed E-state index contributed by atoms with van der Waals surface area (Å²) in [6.07, 6.45) is 7.77. The second-order valence-corrected chi connectivity index (χ2v) is 7.11. The Bertz CT molecular complexity index is 533. The molecule has 0 amide bonds. The van der Waals surface area contributed by atoms with Crippen LogP contribution in [0, 0.1) is 5.92 Å². The molecule has 1 aromatic rings. The van der Waals surface area contributed by atoms with E-state index < -0.39 is 0 Å². The molecule has 0 unspecified atom stereocenters. The zero-order valence-corrected chi connectivity index (χ0v) is 17.6. The highest BCUT2D eigenvalue weighted by atomic mass is 127. The fourth-order valence-corrected chi connectivity index (χ4v) is 3.17. The van der Waals surface area contributed by atoms with Gasteiger partial charge in [0.1, 0.15) is 0 Å². The van der Waals surface area contributed by atoms with Crippen LogP contribution in [0.3, 0.4) is 0 Å². The van der Waals surface area contributed by atoms with Gasteiger partial charge in [0.15, 0.2) is 5.96 Å². The lowest BCUT2D eigenvalue weighted by Crippen LogP contribution is -2.43. The fourth-order valence-electron chi connectivity index (χ4n) is 3.17. The summed E-state index contributed by atoms with van der Waals surface area (Å²) in [5, 5.41) is 3.53. The summed E-state index contributed by atoms with van der Waals surface area (Å²) in [4.78, 5) is 9.31. The third-order valence-electron chi connectivity index (χ3n) is 4.96. The Hall–Kier alpha value is -0.760. The molecule has 0 radical (unpaired) electrons. The van der Waals surface area contributed by atoms with Gasteiger partial charge in [-0.15, -0.1) is 24.0 Å². The molecule has 0 saturated heterocycles. The number of aliphatic imine (C=N–C) groups is 1. The average Bonchev–Trinajstić information content (AvgIpc) is 3.44. The lowest BCUT2D eigenvalue weighted by atomic mass is 10.3. The molecule has 3 rings (SSSR count). The van der Waals surface area contributed by atoms with E-state index in [-0.39, 0.29) is 24.0 Å². The third kappa shape index (κ3) is 5.65. The second-order valence-electron chi connectivity index (χ2n) is 7.11. The van der Waals surface area contributed by atoms with Crippen LogP contribution in [-0.2, 0) is 13.6 Å². The van der Waals surface area contributed by atoms with Gasteiger partial charge in [-0.1, -0.05) is 0 Å². The molecule has 1 aromatic heterocycles. The molecule has 0 bridgehead atoms. The number of aryl methyl sites for hydroxylation is 1. The van der Waals surface area contributed by atoms with Crippen LogP contribution in [0.5, 0.6) is 0 Å². The SMILES string of the molecule is CN=C(NCCN(CC1CC1)C1CC1)N(C)Cc1cccn1C.I. The third-order valence-corrected chi connectivity index (χ3v) is 4.96. The van der Waals surface area contributed by atoms with Gasteiger partial charge in [0.2, 0.25) is 0 Å². The molecule has 2 saturated carbocycles. The quantitative estimate of drug-likeness (QED) is 0.380. The maximum atomic E-state index is 4.43. The highest BCUT2D eigenvalue weighted by Gasteiger charge is 2.33. The highest BCUT2D eigenvalue weighted by molar-refractivity contribution is 14.0. The van der Waals surface area contributed by atoms with Gasteiger partial charge in [0.25, 0.3) is 0 Å². The zero-order valence-electron chi connectivity index (χ0n) is 15.2. The molecule has 24 heavy (non-hydrogen) atoms. The second kappa shape index (κ2) is 9.08. The number of rotatable bonds is 8. The van der Waals surface area contributed by atoms with E-state index >= 15 is 0 Å². The van der Waals surface area contributed by atoms with Gasteiger partial charge in [-0.05, 0) is 43.7 Å². The van der Waals surface area contributed by atoms with Gasteiger partial charge >= 0.3 is 0 Å². The Labute approximate surface area is 163 Å². The van der Waals surface area contributed by atoms with Crippen molar-refractivity contribution in [3.8, 4) is 0 Å². The molecule has 0 aliphatic heterocycles. The first-order valence-electron chi connectivity index (χ1n) is 8.93. The number of hydrogen-bond acceptors (Lipinski definition) is 2. The van der Waals surface area contributed by atoms with Gasteiger partial charge < -0.3 is 14.8 Å². The molecule has 0 spiro atoms. The minimum atomic E-state index is 0. The minimum absolute atomic E-state index is 0. The van der Waals surface area contributed by atoms with Gasteiger partial charge in [-0.25, -0.2) is 0 Å². The average molecular weight is 445 g/mol. The summed E-state index contributed by atoms with van der Waals surface area (Å²) in [5.41, 5.74) is 1.30. The van der Waals surface area contributed by atoms with Crippen LogP contribution in [0.4, 0.5) is 0 Å². The summed E-state index contributed by atoms with van der Waals surface area (Å²) in [6.45, 7) is 4.30. The summed E-state index contributed by atoms with van der Waals surface area (Å²) < 4.78 is 2.16. The van der Waals surface area contributed by atoms with Crippen LogP contribution in [0.25, 0.3) is 0 Å². The van der Waals surface area contributed by atoms with E-state index in [1.54, 1.807) is 0 Å². The van der Waals surface area contributed by atoms with Gasteiger partial charge in [0.05, 0.1) is 6.54 Å². The number of halogens is 1. The topological polar surface area (TPSA) is 35.8 Å². The van der Waals surface area contributed by atoms with E-state index in [2.05, 4.69) is 57.1 Å². The van der Waals surface area contributed by atoms with Crippen LogP contribution in [0.2, 0.25) is 0 Å². The maximum absolute atomic E-state index is 4.43. The number of guanidine groups is 1. The monoisotopic (exact) mass is 445 g/mol. The van der Waals surface area contributed by atoms with Crippen molar-refractivity contribution >= 4 is 29.9 Å². The van der Waals surface area contributed by atoms with Crippen molar-refractivity contribution in [2.24, 2.45) is 18.0 Å². The first-order chi connectivity index (χ1) is 11.2. The molecule has 1 N–H and O–H groups in total. The molecule has 2 aliphatic rings. The van der Waals surface area contributed by atoms with E-state index in [4.69, 9.17) is 0 Å². The van der Waals surface area contributed by atoms with Crippen molar-refractivity contribution in [2.75, 3.05) is 33.7 Å². The predicted octanol–water partition coefficient (Wildman–Crippen LogP) is 2.52. The lowest BCUT2D eigenvalue weighted by Gasteiger charge is -2.25. The zero-order chi connectivity index (χ0) is 16.2. The maximum Gasteiger partial charge on any atom is 0.193 e. The fraction of sp³-hybridized carbons (Fsp3) is 0.722. The Balaban J connectivity index is 0.00000208. The standard InChI is InChI=1S/C18H31N5.HI/c1-19-18(22(3)14-17-5-4-11-21(17)2)20-10-12-23(16-8-9-16)13-15-6-7-15;/h4-5,11,15-16H,6-10,12-14H2,1-3H3,(H,19,20);1H. The van der Waals surface area contributed by atoms with Crippen LogP contribution in [-0.4, -0.2) is 60.1 Å². The lowest BCUT2D eigenvalue weighted by molar-refractivity contribution is 0.255. The Morgan fingerprint density at radius 1 is 1.33 bits per heavy atom. The first kappa shape index (κ1) is 19.6. The molecule has 2 aliphatic carbocycles. The Morgan fingerprint density at radius 3 is 2.62 bits per heavy atom. The van der Waals surface area contributed by atoms with Gasteiger partial charge in [0, 0.05) is 58.7 Å². The van der Waals surface area contributed by atoms with Crippen molar-refractivity contribution in [3.63, 3.8) is 0 Å². The van der Waals surface area contributed by atoms with Crippen LogP contribution in [0.15, 0.2) is 23.3 Å². The molecule has 2 fully saturated rings. The molecule has 0 atom stereocenters.